The Kier molecular flexibility index (Phi) is 3.33. The van der Waals surface area contributed by atoms with Gasteiger partial charge in [0.05, 0.1) is 6.61 Å². The first-order valence-electron chi connectivity index (χ1n) is 5.39. The van der Waals surface area contributed by atoms with Gasteiger partial charge in [-0.05, 0) is 6.92 Å². The maximum Gasteiger partial charge on any atom is 0.351 e. The molecule has 0 radical (unpaired) electrons. The number of aliphatic hydroxyl groups excluding tert-OH is 2. The van der Waals surface area contributed by atoms with Crippen molar-refractivity contribution in [1.82, 2.24) is 9.55 Å². The first-order chi connectivity index (χ1) is 8.45. The van der Waals surface area contributed by atoms with Crippen LogP contribution in [0.3, 0.4) is 0 Å². The number of hydrogen-bond donors (Lipinski definition) is 3. The molecule has 0 spiro atoms. The molecule has 100 valence electrons. The van der Waals surface area contributed by atoms with E-state index in [1.807, 2.05) is 0 Å². The van der Waals surface area contributed by atoms with Crippen molar-refractivity contribution in [3.05, 3.63) is 22.2 Å². The summed E-state index contributed by atoms with van der Waals surface area (Å²) in [4.78, 5) is 15.1. The molecule has 2 rings (SSSR count). The first kappa shape index (κ1) is 12.9. The molecule has 0 aliphatic carbocycles. The maximum atomic E-state index is 13.8. The van der Waals surface area contributed by atoms with E-state index in [0.29, 0.717) is 5.56 Å². The van der Waals surface area contributed by atoms with Crippen molar-refractivity contribution in [3.63, 3.8) is 0 Å². The van der Waals surface area contributed by atoms with Crippen LogP contribution in [-0.2, 0) is 4.74 Å². The highest BCUT2D eigenvalue weighted by atomic mass is 19.1. The van der Waals surface area contributed by atoms with Crippen molar-refractivity contribution in [2.24, 2.45) is 0 Å². The molecular formula is C10H14FN3O4. The fourth-order valence-corrected chi connectivity index (χ4v) is 1.84. The zero-order valence-corrected chi connectivity index (χ0v) is 9.65. The Hall–Kier alpha value is -1.51. The second-order valence-electron chi connectivity index (χ2n) is 4.18. The van der Waals surface area contributed by atoms with E-state index in [4.69, 9.17) is 15.6 Å². The molecule has 8 heteroatoms. The lowest BCUT2D eigenvalue weighted by atomic mass is 10.1. The smallest absolute Gasteiger partial charge is 0.351 e. The molecule has 4 atom stereocenters. The summed E-state index contributed by atoms with van der Waals surface area (Å²) < 4.78 is 19.8. The van der Waals surface area contributed by atoms with Gasteiger partial charge < -0.3 is 20.7 Å². The van der Waals surface area contributed by atoms with Gasteiger partial charge in [-0.3, -0.25) is 4.57 Å². The van der Waals surface area contributed by atoms with Crippen LogP contribution in [0.2, 0.25) is 0 Å². The number of alkyl halides is 1. The van der Waals surface area contributed by atoms with Gasteiger partial charge in [-0.15, -0.1) is 0 Å². The minimum Gasteiger partial charge on any atom is -0.394 e. The third-order valence-electron chi connectivity index (χ3n) is 2.92. The van der Waals surface area contributed by atoms with Gasteiger partial charge in [0, 0.05) is 11.8 Å². The number of anilines is 1. The molecule has 1 aliphatic heterocycles. The lowest BCUT2D eigenvalue weighted by Crippen LogP contribution is -2.34. The van der Waals surface area contributed by atoms with Gasteiger partial charge in [0.15, 0.2) is 12.4 Å². The molecule has 18 heavy (non-hydrogen) atoms. The van der Waals surface area contributed by atoms with Crippen LogP contribution in [0.5, 0.6) is 0 Å². The molecule has 0 amide bonds. The largest absolute Gasteiger partial charge is 0.394 e. The summed E-state index contributed by atoms with van der Waals surface area (Å²) in [6, 6.07) is 0. The number of halogens is 1. The molecule has 1 fully saturated rings. The number of aromatic nitrogens is 2. The van der Waals surface area contributed by atoms with Crippen molar-refractivity contribution >= 4 is 5.82 Å². The molecule has 0 bridgehead atoms. The van der Waals surface area contributed by atoms with Crippen LogP contribution < -0.4 is 11.4 Å². The average molecular weight is 259 g/mol. The number of hydrogen-bond acceptors (Lipinski definition) is 6. The monoisotopic (exact) mass is 259 g/mol. The van der Waals surface area contributed by atoms with E-state index in [1.54, 1.807) is 6.92 Å². The highest BCUT2D eigenvalue weighted by Gasteiger charge is 2.45. The number of nitrogen functional groups attached to an aromatic ring is 1. The number of rotatable bonds is 2. The molecular weight excluding hydrogens is 245 g/mol. The molecule has 4 N–H and O–H groups in total. The van der Waals surface area contributed by atoms with Crippen molar-refractivity contribution < 1.29 is 19.3 Å². The Balaban J connectivity index is 2.39. The predicted octanol–water partition coefficient (Wildman–Crippen LogP) is -1.28. The van der Waals surface area contributed by atoms with Gasteiger partial charge in [0.2, 0.25) is 0 Å². The van der Waals surface area contributed by atoms with Crippen molar-refractivity contribution in [1.29, 1.82) is 0 Å². The number of aliphatic hydroxyl groups is 2. The highest BCUT2D eigenvalue weighted by Crippen LogP contribution is 2.30. The Morgan fingerprint density at radius 2 is 2.33 bits per heavy atom. The van der Waals surface area contributed by atoms with Gasteiger partial charge in [0.1, 0.15) is 18.0 Å². The fraction of sp³-hybridized carbons (Fsp3) is 0.600. The van der Waals surface area contributed by atoms with Crippen LogP contribution in [0.15, 0.2) is 11.0 Å². The Morgan fingerprint density at radius 1 is 1.67 bits per heavy atom. The lowest BCUT2D eigenvalue weighted by Gasteiger charge is -2.16. The van der Waals surface area contributed by atoms with Crippen LogP contribution in [-0.4, -0.2) is 44.8 Å². The summed E-state index contributed by atoms with van der Waals surface area (Å²) in [5.74, 6) is 0.0592. The molecule has 2 heterocycles. The fourth-order valence-electron chi connectivity index (χ4n) is 1.84. The SMILES string of the molecule is Cc1cn([C@@H]2O[C@H](CO)[C@@H](O)[C@H]2F)c(=O)nc1N. The number of nitrogens with two attached hydrogens (primary N) is 1. The summed E-state index contributed by atoms with van der Waals surface area (Å²) in [5, 5.41) is 18.4. The standard InChI is InChI=1S/C10H14FN3O4/c1-4-2-14(10(17)13-8(4)12)9-6(11)7(16)5(3-15)18-9/h2,5-7,9,15-16H,3H2,1H3,(H2,12,13,17)/t5-,6-,7-,9-/m1/s1. The van der Waals surface area contributed by atoms with Crippen molar-refractivity contribution in [2.75, 3.05) is 12.3 Å². The van der Waals surface area contributed by atoms with E-state index >= 15 is 0 Å². The minimum atomic E-state index is -1.82. The summed E-state index contributed by atoms with van der Waals surface area (Å²) in [6.45, 7) is 1.08. The summed E-state index contributed by atoms with van der Waals surface area (Å²) in [7, 11) is 0. The second kappa shape index (κ2) is 4.63. The number of nitrogens with zero attached hydrogens (tertiary/aromatic N) is 2. The quantitative estimate of drug-likeness (QED) is 0.610. The van der Waals surface area contributed by atoms with Gasteiger partial charge in [0.25, 0.3) is 0 Å². The summed E-state index contributed by atoms with van der Waals surface area (Å²) in [5.41, 5.74) is 5.18. The molecule has 1 aliphatic rings. The molecule has 0 saturated carbocycles. The zero-order valence-electron chi connectivity index (χ0n) is 9.65. The van der Waals surface area contributed by atoms with E-state index in [0.717, 1.165) is 4.57 Å². The second-order valence-corrected chi connectivity index (χ2v) is 4.18. The van der Waals surface area contributed by atoms with Crippen molar-refractivity contribution in [3.8, 4) is 0 Å². The number of aryl methyl sites for hydroxylation is 1. The van der Waals surface area contributed by atoms with Crippen LogP contribution in [0, 0.1) is 6.92 Å². The van der Waals surface area contributed by atoms with E-state index in [9.17, 15) is 14.3 Å². The Morgan fingerprint density at radius 3 is 2.89 bits per heavy atom. The molecule has 0 unspecified atom stereocenters. The van der Waals surface area contributed by atoms with Crippen LogP contribution >= 0.6 is 0 Å². The van der Waals surface area contributed by atoms with Crippen LogP contribution in [0.4, 0.5) is 10.2 Å². The minimum absolute atomic E-state index is 0.0592. The van der Waals surface area contributed by atoms with Gasteiger partial charge >= 0.3 is 5.69 Å². The van der Waals surface area contributed by atoms with E-state index in [-0.39, 0.29) is 5.82 Å². The van der Waals surface area contributed by atoms with E-state index < -0.39 is 36.9 Å². The lowest BCUT2D eigenvalue weighted by molar-refractivity contribution is -0.0491. The van der Waals surface area contributed by atoms with Gasteiger partial charge in [-0.25, -0.2) is 9.18 Å². The van der Waals surface area contributed by atoms with Crippen molar-refractivity contribution in [2.45, 2.75) is 31.5 Å². The van der Waals surface area contributed by atoms with Crippen LogP contribution in [0.1, 0.15) is 11.8 Å². The molecule has 1 aromatic rings. The average Bonchev–Trinajstić information content (AvgIpc) is 2.61. The normalized spacial score (nSPS) is 31.8. The van der Waals surface area contributed by atoms with Crippen LogP contribution in [0.25, 0.3) is 0 Å². The molecule has 0 aromatic carbocycles. The Bertz CT molecular complexity index is 506. The van der Waals surface area contributed by atoms with E-state index in [1.165, 1.54) is 6.20 Å². The third-order valence-corrected chi connectivity index (χ3v) is 2.92. The Labute approximate surface area is 102 Å². The molecule has 1 aromatic heterocycles. The third kappa shape index (κ3) is 1.98. The summed E-state index contributed by atoms with van der Waals surface area (Å²) in [6.07, 6.45) is -4.35. The van der Waals surface area contributed by atoms with E-state index in [2.05, 4.69) is 4.98 Å². The number of ether oxygens (including phenoxy) is 1. The first-order valence-corrected chi connectivity index (χ1v) is 5.39. The highest BCUT2D eigenvalue weighted by molar-refractivity contribution is 5.35. The zero-order chi connectivity index (χ0) is 13.4. The molecule has 1 saturated heterocycles. The predicted molar refractivity (Wildman–Crippen MR) is 59.5 cm³/mol. The molecule has 7 nitrogen and oxygen atoms in total. The summed E-state index contributed by atoms with van der Waals surface area (Å²) >= 11 is 0. The van der Waals surface area contributed by atoms with Gasteiger partial charge in [-0.1, -0.05) is 0 Å². The van der Waals surface area contributed by atoms with Gasteiger partial charge in [-0.2, -0.15) is 4.98 Å². The maximum absolute atomic E-state index is 13.8. The topological polar surface area (TPSA) is 111 Å².